The summed E-state index contributed by atoms with van der Waals surface area (Å²) in [5.74, 6) is 0.258. The van der Waals surface area contributed by atoms with Gasteiger partial charge in [0.2, 0.25) is 0 Å². The molecule has 3 aromatic rings. The van der Waals surface area contributed by atoms with Gasteiger partial charge in [0.25, 0.3) is 11.5 Å². The Kier molecular flexibility index (Phi) is 4.08. The van der Waals surface area contributed by atoms with Crippen LogP contribution in [0.15, 0.2) is 16.9 Å². The van der Waals surface area contributed by atoms with Crippen LogP contribution in [0.2, 0.25) is 0 Å². The monoisotopic (exact) mass is 391 g/mol. The maximum atomic E-state index is 13.2. The zero-order valence-corrected chi connectivity index (χ0v) is 17.0. The van der Waals surface area contributed by atoms with E-state index in [1.54, 1.807) is 0 Å². The van der Waals surface area contributed by atoms with E-state index in [0.29, 0.717) is 23.1 Å². The Morgan fingerprint density at radius 1 is 1.21 bits per heavy atom. The molecule has 0 aromatic carbocycles. The molecule has 2 aliphatic rings. The van der Waals surface area contributed by atoms with Gasteiger partial charge < -0.3 is 10.3 Å². The summed E-state index contributed by atoms with van der Waals surface area (Å²) in [7, 11) is 0. The molecule has 7 nitrogen and oxygen atoms in total. The molecule has 2 N–H and O–H groups in total. The minimum Gasteiger partial charge on any atom is -0.348 e. The van der Waals surface area contributed by atoms with Gasteiger partial charge in [-0.25, -0.2) is 9.67 Å². The number of aromatic amines is 1. The zero-order chi connectivity index (χ0) is 20.3. The van der Waals surface area contributed by atoms with E-state index in [4.69, 9.17) is 10.1 Å². The molecule has 0 saturated heterocycles. The zero-order valence-electron chi connectivity index (χ0n) is 17.0. The number of H-pyrrole nitrogens is 1. The molecule has 2 fully saturated rings. The van der Waals surface area contributed by atoms with Crippen LogP contribution < -0.4 is 10.9 Å². The number of aryl methyl sites for hydroxylation is 3. The average Bonchev–Trinajstić information content (AvgIpc) is 3.58. The van der Waals surface area contributed by atoms with E-state index in [2.05, 4.69) is 10.3 Å². The van der Waals surface area contributed by atoms with Crippen molar-refractivity contribution < 1.29 is 4.79 Å². The molecule has 0 aliphatic heterocycles. The Bertz CT molecular complexity index is 1200. The third-order valence-corrected chi connectivity index (χ3v) is 5.91. The van der Waals surface area contributed by atoms with E-state index in [1.165, 1.54) is 0 Å². The van der Waals surface area contributed by atoms with Crippen LogP contribution in [0.5, 0.6) is 0 Å². The quantitative estimate of drug-likeness (QED) is 0.699. The summed E-state index contributed by atoms with van der Waals surface area (Å²) >= 11 is 0. The van der Waals surface area contributed by atoms with Crippen molar-refractivity contribution in [3.63, 3.8) is 0 Å². The van der Waals surface area contributed by atoms with Gasteiger partial charge in [0, 0.05) is 29.4 Å². The number of fused-ring (bicyclic) bond motifs is 1. The summed E-state index contributed by atoms with van der Waals surface area (Å²) in [6, 6.07) is 4.24. The fraction of sp³-hybridized carbons (Fsp3) is 0.455. The molecule has 29 heavy (non-hydrogen) atoms. The van der Waals surface area contributed by atoms with E-state index in [0.717, 1.165) is 59.4 Å². The van der Waals surface area contributed by atoms with Crippen LogP contribution >= 0.6 is 0 Å². The van der Waals surface area contributed by atoms with Gasteiger partial charge in [-0.3, -0.25) is 9.59 Å². The van der Waals surface area contributed by atoms with Crippen molar-refractivity contribution in [1.29, 1.82) is 0 Å². The topological polar surface area (TPSA) is 92.7 Å². The largest absolute Gasteiger partial charge is 0.348 e. The van der Waals surface area contributed by atoms with Gasteiger partial charge in [0.05, 0.1) is 22.7 Å². The van der Waals surface area contributed by atoms with Crippen LogP contribution in [0.4, 0.5) is 0 Å². The SMILES string of the molecule is Cc1cc(C)c(CNC(=O)c2cc(C3CC3)nc3c2c(C)nn3C2CC2)c(=O)[nH]1. The highest BCUT2D eigenvalue weighted by Gasteiger charge is 2.32. The number of hydrogen-bond donors (Lipinski definition) is 2. The van der Waals surface area contributed by atoms with Crippen molar-refractivity contribution in [3.05, 3.63) is 56.3 Å². The number of amides is 1. The Balaban J connectivity index is 1.52. The highest BCUT2D eigenvalue weighted by atomic mass is 16.1. The van der Waals surface area contributed by atoms with Crippen LogP contribution in [0.1, 0.15) is 76.2 Å². The lowest BCUT2D eigenvalue weighted by atomic mass is 10.1. The molecule has 5 rings (SSSR count). The standard InChI is InChI=1S/C22H25N5O2/c1-11-8-12(2)24-22(29)17(11)10-23-21(28)16-9-18(14-4-5-14)25-20-19(16)13(3)26-27(20)15-6-7-15/h8-9,14-15H,4-7,10H2,1-3H3,(H,23,28)(H,24,29). The summed E-state index contributed by atoms with van der Waals surface area (Å²) in [5, 5.41) is 8.47. The molecule has 2 saturated carbocycles. The van der Waals surface area contributed by atoms with E-state index >= 15 is 0 Å². The van der Waals surface area contributed by atoms with E-state index in [1.807, 2.05) is 37.6 Å². The lowest BCUT2D eigenvalue weighted by Crippen LogP contribution is -2.28. The maximum Gasteiger partial charge on any atom is 0.253 e. The van der Waals surface area contributed by atoms with Crippen molar-refractivity contribution >= 4 is 16.9 Å². The number of nitrogens with zero attached hydrogens (tertiary/aromatic N) is 3. The second-order valence-electron chi connectivity index (χ2n) is 8.45. The second-order valence-corrected chi connectivity index (χ2v) is 8.45. The van der Waals surface area contributed by atoms with Crippen molar-refractivity contribution in [1.82, 2.24) is 25.1 Å². The molecule has 7 heteroatoms. The van der Waals surface area contributed by atoms with Gasteiger partial charge in [0.1, 0.15) is 0 Å². The molecular formula is C22H25N5O2. The van der Waals surface area contributed by atoms with Crippen molar-refractivity contribution in [3.8, 4) is 0 Å². The summed E-state index contributed by atoms with van der Waals surface area (Å²) in [6.45, 7) is 5.87. The first-order valence-corrected chi connectivity index (χ1v) is 10.3. The predicted octanol–water partition coefficient (Wildman–Crippen LogP) is 3.19. The molecule has 0 unspecified atom stereocenters. The van der Waals surface area contributed by atoms with Crippen LogP contribution in [-0.2, 0) is 6.54 Å². The molecule has 3 aromatic heterocycles. The first-order chi connectivity index (χ1) is 13.9. The lowest BCUT2D eigenvalue weighted by Gasteiger charge is -2.11. The summed E-state index contributed by atoms with van der Waals surface area (Å²) in [5.41, 5.74) is 5.37. The van der Waals surface area contributed by atoms with Crippen LogP contribution in [-0.4, -0.2) is 25.7 Å². The predicted molar refractivity (Wildman–Crippen MR) is 110 cm³/mol. The summed E-state index contributed by atoms with van der Waals surface area (Å²) < 4.78 is 2.00. The minimum absolute atomic E-state index is 0.154. The normalized spacial score (nSPS) is 16.4. The number of carbonyl (C=O) groups is 1. The third kappa shape index (κ3) is 3.24. The van der Waals surface area contributed by atoms with Gasteiger partial charge in [-0.1, -0.05) is 0 Å². The van der Waals surface area contributed by atoms with Gasteiger partial charge in [0.15, 0.2) is 5.65 Å². The highest BCUT2D eigenvalue weighted by molar-refractivity contribution is 6.06. The van der Waals surface area contributed by atoms with Gasteiger partial charge >= 0.3 is 0 Å². The van der Waals surface area contributed by atoms with Crippen LogP contribution in [0.3, 0.4) is 0 Å². The van der Waals surface area contributed by atoms with Gasteiger partial charge in [-0.2, -0.15) is 5.10 Å². The fourth-order valence-electron chi connectivity index (χ4n) is 4.04. The van der Waals surface area contributed by atoms with E-state index in [9.17, 15) is 9.59 Å². The molecule has 0 radical (unpaired) electrons. The highest BCUT2D eigenvalue weighted by Crippen LogP contribution is 2.42. The maximum absolute atomic E-state index is 13.2. The molecule has 0 bridgehead atoms. The van der Waals surface area contributed by atoms with E-state index < -0.39 is 0 Å². The van der Waals surface area contributed by atoms with Crippen molar-refractivity contribution in [2.45, 2.75) is 65.0 Å². The first-order valence-electron chi connectivity index (χ1n) is 10.3. The molecule has 2 aliphatic carbocycles. The average molecular weight is 391 g/mol. The number of pyridine rings is 2. The van der Waals surface area contributed by atoms with Crippen molar-refractivity contribution in [2.75, 3.05) is 0 Å². The van der Waals surface area contributed by atoms with Gasteiger partial charge in [-0.05, 0) is 64.2 Å². The molecule has 3 heterocycles. The Morgan fingerprint density at radius 2 is 1.97 bits per heavy atom. The second kappa shape index (κ2) is 6.54. The molecule has 0 spiro atoms. The molecule has 150 valence electrons. The number of nitrogens with one attached hydrogen (secondary N) is 2. The Labute approximate surface area is 168 Å². The molecule has 1 amide bonds. The fourth-order valence-corrected chi connectivity index (χ4v) is 4.04. The molecular weight excluding hydrogens is 366 g/mol. The third-order valence-electron chi connectivity index (χ3n) is 5.91. The van der Waals surface area contributed by atoms with Crippen LogP contribution in [0, 0.1) is 20.8 Å². The number of rotatable bonds is 5. The molecule has 0 atom stereocenters. The summed E-state index contributed by atoms with van der Waals surface area (Å²) in [6.07, 6.45) is 4.47. The summed E-state index contributed by atoms with van der Waals surface area (Å²) in [4.78, 5) is 33.1. The smallest absolute Gasteiger partial charge is 0.253 e. The number of carbonyl (C=O) groups excluding carboxylic acids is 1. The van der Waals surface area contributed by atoms with Gasteiger partial charge in [-0.15, -0.1) is 0 Å². The minimum atomic E-state index is -0.183. The number of hydrogen-bond acceptors (Lipinski definition) is 4. The number of aromatic nitrogens is 4. The van der Waals surface area contributed by atoms with E-state index in [-0.39, 0.29) is 18.0 Å². The van der Waals surface area contributed by atoms with Crippen LogP contribution in [0.25, 0.3) is 11.0 Å². The van der Waals surface area contributed by atoms with Crippen molar-refractivity contribution in [2.24, 2.45) is 0 Å². The first kappa shape index (κ1) is 18.1. The Hall–Kier alpha value is -2.96. The lowest BCUT2D eigenvalue weighted by molar-refractivity contribution is 0.0952. The Morgan fingerprint density at radius 3 is 2.62 bits per heavy atom.